The highest BCUT2D eigenvalue weighted by molar-refractivity contribution is 8.00. The molecule has 0 bridgehead atoms. The van der Waals surface area contributed by atoms with Gasteiger partial charge >= 0.3 is 0 Å². The molecule has 1 heterocycles. The van der Waals surface area contributed by atoms with Crippen LogP contribution in [0.25, 0.3) is 0 Å². The van der Waals surface area contributed by atoms with E-state index >= 15 is 0 Å². The van der Waals surface area contributed by atoms with E-state index in [-0.39, 0.29) is 0 Å². The molecular formula is C11H21NS. The third kappa shape index (κ3) is 2.21. The van der Waals surface area contributed by atoms with Crippen LogP contribution in [0, 0.1) is 5.92 Å². The lowest BCUT2D eigenvalue weighted by atomic mass is 9.80. The first-order valence-corrected chi connectivity index (χ1v) is 6.70. The molecule has 2 fully saturated rings. The molecule has 0 spiro atoms. The molecule has 2 aliphatic rings. The Morgan fingerprint density at radius 2 is 2.08 bits per heavy atom. The minimum absolute atomic E-state index is 0.764. The second kappa shape index (κ2) is 4.22. The minimum Gasteiger partial charge on any atom is -0.310 e. The molecule has 76 valence electrons. The van der Waals surface area contributed by atoms with Gasteiger partial charge < -0.3 is 5.32 Å². The molecule has 13 heavy (non-hydrogen) atoms. The highest BCUT2D eigenvalue weighted by Gasteiger charge is 2.29. The number of hydrogen-bond donors (Lipinski definition) is 1. The van der Waals surface area contributed by atoms with Crippen molar-refractivity contribution in [3.05, 3.63) is 0 Å². The van der Waals surface area contributed by atoms with Gasteiger partial charge in [0.05, 0.1) is 0 Å². The summed E-state index contributed by atoms with van der Waals surface area (Å²) in [6.45, 7) is 4.74. The van der Waals surface area contributed by atoms with Crippen molar-refractivity contribution in [3.63, 3.8) is 0 Å². The van der Waals surface area contributed by atoms with Crippen molar-refractivity contribution >= 4 is 11.8 Å². The first kappa shape index (κ1) is 9.85. The molecule has 1 aliphatic heterocycles. The molecule has 0 aromatic heterocycles. The first-order valence-electron chi connectivity index (χ1n) is 5.65. The third-order valence-corrected chi connectivity index (χ3v) is 5.04. The Bertz CT molecular complexity index is 167. The zero-order chi connectivity index (χ0) is 9.26. The average molecular weight is 199 g/mol. The van der Waals surface area contributed by atoms with Gasteiger partial charge in [-0.05, 0) is 37.9 Å². The van der Waals surface area contributed by atoms with Crippen LogP contribution in [0.15, 0.2) is 0 Å². The fourth-order valence-electron chi connectivity index (χ4n) is 2.36. The molecule has 3 atom stereocenters. The molecule has 1 nitrogen and oxygen atoms in total. The molecule has 1 N–H and O–H groups in total. The molecule has 1 aliphatic carbocycles. The quantitative estimate of drug-likeness (QED) is 0.750. The zero-order valence-corrected chi connectivity index (χ0v) is 9.57. The van der Waals surface area contributed by atoms with Crippen LogP contribution in [0.5, 0.6) is 0 Å². The average Bonchev–Trinajstić information content (AvgIpc) is 2.32. The molecule has 2 rings (SSSR count). The van der Waals surface area contributed by atoms with Crippen molar-refractivity contribution < 1.29 is 0 Å². The van der Waals surface area contributed by atoms with Crippen LogP contribution in [0.2, 0.25) is 0 Å². The van der Waals surface area contributed by atoms with E-state index in [1.54, 1.807) is 0 Å². The number of rotatable bonds is 3. The second-order valence-corrected chi connectivity index (χ2v) is 6.10. The van der Waals surface area contributed by atoms with E-state index < -0.39 is 0 Å². The lowest BCUT2D eigenvalue weighted by Crippen LogP contribution is -2.45. The van der Waals surface area contributed by atoms with Crippen LogP contribution in [0.4, 0.5) is 0 Å². The van der Waals surface area contributed by atoms with E-state index in [9.17, 15) is 0 Å². The highest BCUT2D eigenvalue weighted by atomic mass is 32.2. The topological polar surface area (TPSA) is 12.0 Å². The summed E-state index contributed by atoms with van der Waals surface area (Å²) in [5.74, 6) is 2.34. The smallest absolute Gasteiger partial charge is 0.0194 e. The molecule has 3 unspecified atom stereocenters. The van der Waals surface area contributed by atoms with Crippen LogP contribution in [0.1, 0.15) is 39.5 Å². The first-order chi connectivity index (χ1) is 6.27. The molecule has 1 saturated carbocycles. The predicted molar refractivity (Wildman–Crippen MR) is 60.3 cm³/mol. The molecular weight excluding hydrogens is 178 g/mol. The van der Waals surface area contributed by atoms with Gasteiger partial charge in [-0.1, -0.05) is 13.3 Å². The van der Waals surface area contributed by atoms with Gasteiger partial charge in [0, 0.05) is 17.3 Å². The van der Waals surface area contributed by atoms with E-state index in [4.69, 9.17) is 0 Å². The van der Waals surface area contributed by atoms with Crippen molar-refractivity contribution in [2.75, 3.05) is 5.75 Å². The Hall–Kier alpha value is 0.310. The third-order valence-electron chi connectivity index (χ3n) is 3.71. The number of thioether (sulfide) groups is 1. The van der Waals surface area contributed by atoms with E-state index in [2.05, 4.69) is 30.9 Å². The fraction of sp³-hybridized carbons (Fsp3) is 1.00. The summed E-state index contributed by atoms with van der Waals surface area (Å²) in [6.07, 6.45) is 5.76. The maximum Gasteiger partial charge on any atom is 0.0194 e. The fourth-order valence-corrected chi connectivity index (χ4v) is 3.57. The minimum atomic E-state index is 0.764. The van der Waals surface area contributed by atoms with Crippen molar-refractivity contribution in [2.45, 2.75) is 56.9 Å². The van der Waals surface area contributed by atoms with Crippen LogP contribution in [-0.4, -0.2) is 23.1 Å². The van der Waals surface area contributed by atoms with Crippen molar-refractivity contribution in [2.24, 2.45) is 5.92 Å². The summed E-state index contributed by atoms with van der Waals surface area (Å²) >= 11 is 2.12. The maximum absolute atomic E-state index is 3.81. The number of hydrogen-bond acceptors (Lipinski definition) is 2. The maximum atomic E-state index is 3.81. The van der Waals surface area contributed by atoms with Crippen LogP contribution in [-0.2, 0) is 0 Å². The lowest BCUT2D eigenvalue weighted by molar-refractivity contribution is 0.226. The van der Waals surface area contributed by atoms with Gasteiger partial charge in [-0.25, -0.2) is 0 Å². The van der Waals surface area contributed by atoms with Gasteiger partial charge in [0.1, 0.15) is 0 Å². The Balaban J connectivity index is 1.75. The van der Waals surface area contributed by atoms with Crippen LogP contribution in [0.3, 0.4) is 0 Å². The van der Waals surface area contributed by atoms with Crippen LogP contribution >= 0.6 is 11.8 Å². The molecule has 2 heteroatoms. The van der Waals surface area contributed by atoms with Gasteiger partial charge in [0.25, 0.3) is 0 Å². The largest absolute Gasteiger partial charge is 0.310 e. The Kier molecular flexibility index (Phi) is 3.20. The molecule has 0 radical (unpaired) electrons. The summed E-state index contributed by atoms with van der Waals surface area (Å²) in [5, 5.41) is 4.65. The van der Waals surface area contributed by atoms with Gasteiger partial charge in [0.15, 0.2) is 0 Å². The van der Waals surface area contributed by atoms with E-state index in [1.165, 1.54) is 31.4 Å². The Morgan fingerprint density at radius 3 is 2.54 bits per heavy atom. The van der Waals surface area contributed by atoms with E-state index in [1.807, 2.05) is 0 Å². The molecule has 0 aromatic carbocycles. The van der Waals surface area contributed by atoms with Gasteiger partial charge in [0.2, 0.25) is 0 Å². The van der Waals surface area contributed by atoms with E-state index in [0.717, 1.165) is 23.3 Å². The monoisotopic (exact) mass is 199 g/mol. The SMILES string of the molecule is CC(NC1CCSC1C)C1CCC1. The zero-order valence-electron chi connectivity index (χ0n) is 8.75. The molecule has 0 aromatic rings. The van der Waals surface area contributed by atoms with E-state index in [0.29, 0.717) is 0 Å². The van der Waals surface area contributed by atoms with Crippen molar-refractivity contribution in [1.82, 2.24) is 5.32 Å². The molecule has 1 saturated heterocycles. The normalized spacial score (nSPS) is 37.4. The predicted octanol–water partition coefficient (Wildman–Crippen LogP) is 2.66. The van der Waals surface area contributed by atoms with Crippen molar-refractivity contribution in [3.8, 4) is 0 Å². The van der Waals surface area contributed by atoms with Gasteiger partial charge in [-0.3, -0.25) is 0 Å². The summed E-state index contributed by atoms with van der Waals surface area (Å²) in [4.78, 5) is 0. The highest BCUT2D eigenvalue weighted by Crippen LogP contribution is 2.32. The van der Waals surface area contributed by atoms with Gasteiger partial charge in [-0.2, -0.15) is 11.8 Å². The molecule has 0 amide bonds. The summed E-state index contributed by atoms with van der Waals surface area (Å²) in [7, 11) is 0. The summed E-state index contributed by atoms with van der Waals surface area (Å²) in [5.41, 5.74) is 0. The summed E-state index contributed by atoms with van der Waals surface area (Å²) in [6, 6.07) is 1.56. The Morgan fingerprint density at radius 1 is 1.31 bits per heavy atom. The number of nitrogens with one attached hydrogen (secondary N) is 1. The summed E-state index contributed by atoms with van der Waals surface area (Å²) < 4.78 is 0. The van der Waals surface area contributed by atoms with Crippen molar-refractivity contribution in [1.29, 1.82) is 0 Å². The Labute approximate surface area is 86.0 Å². The second-order valence-electron chi connectivity index (χ2n) is 4.62. The standard InChI is InChI=1S/C11H21NS/c1-8(10-4-3-5-10)12-11-6-7-13-9(11)2/h8-12H,3-7H2,1-2H3. The van der Waals surface area contributed by atoms with Gasteiger partial charge in [-0.15, -0.1) is 0 Å². The van der Waals surface area contributed by atoms with Crippen LogP contribution < -0.4 is 5.32 Å². The lowest BCUT2D eigenvalue weighted by Gasteiger charge is -2.34.